The lowest BCUT2D eigenvalue weighted by atomic mass is 9.84. The van der Waals surface area contributed by atoms with Gasteiger partial charge in [0.25, 0.3) is 0 Å². The van der Waals surface area contributed by atoms with Crippen molar-refractivity contribution in [3.8, 4) is 0 Å². The van der Waals surface area contributed by atoms with E-state index in [1.807, 2.05) is 34.9 Å². The SMILES string of the molecule is CC(C)C(CN1CCCC1C(=O)N1CCCC[C@H]1C(=O)O)N(C)C(=O)[C@@H](NC(=O)C1CCCCN1C)C(C)(C)C. The van der Waals surface area contributed by atoms with E-state index < -0.39 is 23.5 Å². The molecule has 0 aromatic heterocycles. The molecule has 3 amide bonds. The molecule has 10 heteroatoms. The highest BCUT2D eigenvalue weighted by Crippen LogP contribution is 2.28. The van der Waals surface area contributed by atoms with E-state index in [1.165, 1.54) is 0 Å². The van der Waals surface area contributed by atoms with Crippen molar-refractivity contribution in [3.05, 3.63) is 0 Å². The van der Waals surface area contributed by atoms with Gasteiger partial charge >= 0.3 is 5.97 Å². The van der Waals surface area contributed by atoms with Crippen LogP contribution in [0.4, 0.5) is 0 Å². The monoisotopic (exact) mass is 563 g/mol. The van der Waals surface area contributed by atoms with Gasteiger partial charge in [0, 0.05) is 26.2 Å². The molecule has 0 aliphatic carbocycles. The molecule has 2 N–H and O–H groups in total. The topological polar surface area (TPSA) is 113 Å². The number of aliphatic carboxylic acids is 1. The van der Waals surface area contributed by atoms with E-state index in [1.54, 1.807) is 9.80 Å². The summed E-state index contributed by atoms with van der Waals surface area (Å²) in [6, 6.07) is -2.20. The zero-order chi connectivity index (χ0) is 29.8. The highest BCUT2D eigenvalue weighted by atomic mass is 16.4. The summed E-state index contributed by atoms with van der Waals surface area (Å²) >= 11 is 0. The first-order valence-electron chi connectivity index (χ1n) is 15.3. The molecule has 3 heterocycles. The fourth-order valence-corrected chi connectivity index (χ4v) is 6.65. The number of piperidine rings is 2. The van der Waals surface area contributed by atoms with Crippen molar-refractivity contribution in [2.45, 2.75) is 116 Å². The lowest BCUT2D eigenvalue weighted by Gasteiger charge is -2.42. The molecule has 3 fully saturated rings. The van der Waals surface area contributed by atoms with Gasteiger partial charge in [0.05, 0.1) is 12.1 Å². The van der Waals surface area contributed by atoms with Gasteiger partial charge in [-0.15, -0.1) is 0 Å². The maximum atomic E-state index is 14.0. The van der Waals surface area contributed by atoms with Crippen molar-refractivity contribution in [3.63, 3.8) is 0 Å². The van der Waals surface area contributed by atoms with Crippen molar-refractivity contribution in [1.29, 1.82) is 0 Å². The second kappa shape index (κ2) is 13.6. The Hall–Kier alpha value is -2.20. The van der Waals surface area contributed by atoms with Gasteiger partial charge < -0.3 is 20.2 Å². The van der Waals surface area contributed by atoms with Gasteiger partial charge in [0.2, 0.25) is 17.7 Å². The molecule has 0 bridgehead atoms. The van der Waals surface area contributed by atoms with Crippen LogP contribution in [0.5, 0.6) is 0 Å². The molecule has 3 unspecified atom stereocenters. The fourth-order valence-electron chi connectivity index (χ4n) is 6.65. The molecule has 3 aliphatic rings. The van der Waals surface area contributed by atoms with E-state index in [0.29, 0.717) is 25.9 Å². The van der Waals surface area contributed by atoms with Gasteiger partial charge in [0.1, 0.15) is 12.1 Å². The average molecular weight is 564 g/mol. The Kier molecular flexibility index (Phi) is 11.0. The van der Waals surface area contributed by atoms with Gasteiger partial charge in [0.15, 0.2) is 0 Å². The first-order chi connectivity index (χ1) is 18.7. The van der Waals surface area contributed by atoms with Crippen LogP contribution in [0.1, 0.15) is 86.0 Å². The Morgan fingerprint density at radius 1 is 0.900 bits per heavy atom. The molecule has 0 spiro atoms. The van der Waals surface area contributed by atoms with Gasteiger partial charge in [-0.3, -0.25) is 24.2 Å². The lowest BCUT2D eigenvalue weighted by Crippen LogP contribution is -2.61. The van der Waals surface area contributed by atoms with Crippen LogP contribution >= 0.6 is 0 Å². The van der Waals surface area contributed by atoms with E-state index in [4.69, 9.17) is 0 Å². The highest BCUT2D eigenvalue weighted by Gasteiger charge is 2.43. The molecule has 3 saturated heterocycles. The predicted octanol–water partition coefficient (Wildman–Crippen LogP) is 2.41. The highest BCUT2D eigenvalue weighted by molar-refractivity contribution is 5.90. The van der Waals surface area contributed by atoms with Crippen LogP contribution < -0.4 is 5.32 Å². The third-order valence-electron chi connectivity index (χ3n) is 9.23. The minimum absolute atomic E-state index is 0.0929. The maximum Gasteiger partial charge on any atom is 0.326 e. The molecule has 3 rings (SSSR count). The molecule has 0 aromatic carbocycles. The predicted molar refractivity (Wildman–Crippen MR) is 155 cm³/mol. The summed E-state index contributed by atoms with van der Waals surface area (Å²) < 4.78 is 0. The molecular weight excluding hydrogens is 510 g/mol. The van der Waals surface area contributed by atoms with Gasteiger partial charge in [-0.25, -0.2) is 4.79 Å². The number of nitrogens with zero attached hydrogens (tertiary/aromatic N) is 4. The number of carbonyl (C=O) groups is 4. The number of likely N-dealkylation sites (N-methyl/N-ethyl adjacent to an activating group) is 2. The average Bonchev–Trinajstić information content (AvgIpc) is 3.36. The zero-order valence-corrected chi connectivity index (χ0v) is 25.8. The van der Waals surface area contributed by atoms with Crippen LogP contribution in [0.2, 0.25) is 0 Å². The zero-order valence-electron chi connectivity index (χ0n) is 25.8. The van der Waals surface area contributed by atoms with Crippen LogP contribution in [0.15, 0.2) is 0 Å². The maximum absolute atomic E-state index is 14.0. The number of amides is 3. The fraction of sp³-hybridized carbons (Fsp3) is 0.867. The Labute approximate surface area is 240 Å². The third kappa shape index (κ3) is 7.55. The summed E-state index contributed by atoms with van der Waals surface area (Å²) in [4.78, 5) is 60.4. The second-order valence-electron chi connectivity index (χ2n) is 13.6. The summed E-state index contributed by atoms with van der Waals surface area (Å²) in [5.74, 6) is -1.13. The standard InChI is InChI=1S/C30H53N5O5/c1-20(2)24(19-34-17-12-15-22(34)27(37)35-18-11-9-14-23(35)29(39)40)33(7)28(38)25(30(3,4)5)31-26(36)21-13-8-10-16-32(21)6/h20-25H,8-19H2,1-7H3,(H,31,36)(H,39,40)/t21?,22?,23-,24?,25+/m0/s1. The minimum Gasteiger partial charge on any atom is -0.480 e. The molecule has 5 atom stereocenters. The number of hydrogen-bond donors (Lipinski definition) is 2. The van der Waals surface area contributed by atoms with Crippen molar-refractivity contribution in [2.24, 2.45) is 11.3 Å². The van der Waals surface area contributed by atoms with Crippen LogP contribution in [0.3, 0.4) is 0 Å². The number of nitrogens with one attached hydrogen (secondary N) is 1. The number of likely N-dealkylation sites (tertiary alicyclic amines) is 3. The number of carbonyl (C=O) groups excluding carboxylic acids is 3. The Morgan fingerprint density at radius 3 is 2.08 bits per heavy atom. The third-order valence-corrected chi connectivity index (χ3v) is 9.23. The molecule has 40 heavy (non-hydrogen) atoms. The van der Waals surface area contributed by atoms with Crippen LogP contribution in [0, 0.1) is 11.3 Å². The van der Waals surface area contributed by atoms with Crippen LogP contribution in [-0.4, -0.2) is 119 Å². The molecule has 0 radical (unpaired) electrons. The van der Waals surface area contributed by atoms with Crippen LogP contribution in [-0.2, 0) is 19.2 Å². The van der Waals surface area contributed by atoms with Crippen molar-refractivity contribution in [1.82, 2.24) is 24.9 Å². The molecule has 0 saturated carbocycles. The molecule has 0 aromatic rings. The first-order valence-corrected chi connectivity index (χ1v) is 15.3. The molecule has 228 valence electrons. The number of carboxylic acids is 1. The van der Waals surface area contributed by atoms with Gasteiger partial charge in [-0.2, -0.15) is 0 Å². The van der Waals surface area contributed by atoms with Crippen molar-refractivity contribution >= 4 is 23.7 Å². The van der Waals surface area contributed by atoms with Gasteiger partial charge in [-0.05, 0) is 76.4 Å². The van der Waals surface area contributed by atoms with E-state index in [9.17, 15) is 24.3 Å². The van der Waals surface area contributed by atoms with Crippen molar-refractivity contribution < 1.29 is 24.3 Å². The number of hydrogen-bond acceptors (Lipinski definition) is 6. The van der Waals surface area contributed by atoms with E-state index >= 15 is 0 Å². The Morgan fingerprint density at radius 2 is 1.50 bits per heavy atom. The van der Waals surface area contributed by atoms with Crippen molar-refractivity contribution in [2.75, 3.05) is 40.3 Å². The van der Waals surface area contributed by atoms with Crippen LogP contribution in [0.25, 0.3) is 0 Å². The summed E-state index contributed by atoms with van der Waals surface area (Å²) in [6.45, 7) is 12.7. The second-order valence-corrected chi connectivity index (χ2v) is 13.6. The summed E-state index contributed by atoms with van der Waals surface area (Å²) in [5, 5.41) is 12.8. The quantitative estimate of drug-likeness (QED) is 0.443. The molecular formula is C30H53N5O5. The largest absolute Gasteiger partial charge is 0.480 e. The summed E-state index contributed by atoms with van der Waals surface area (Å²) in [5.41, 5.74) is -0.484. The summed E-state index contributed by atoms with van der Waals surface area (Å²) in [7, 11) is 3.77. The van der Waals surface area contributed by atoms with E-state index in [2.05, 4.69) is 29.0 Å². The van der Waals surface area contributed by atoms with Gasteiger partial charge in [-0.1, -0.05) is 41.0 Å². The minimum atomic E-state index is -0.933. The molecule has 10 nitrogen and oxygen atoms in total. The summed E-state index contributed by atoms with van der Waals surface area (Å²) in [6.07, 6.45) is 6.57. The number of carboxylic acid groups (broad SMARTS) is 1. The smallest absolute Gasteiger partial charge is 0.326 e. The van der Waals surface area contributed by atoms with E-state index in [-0.39, 0.29) is 41.8 Å². The Balaban J connectivity index is 1.75. The Bertz CT molecular complexity index is 919. The molecule has 3 aliphatic heterocycles. The normalized spacial score (nSPS) is 26.4. The number of rotatable bonds is 9. The lowest BCUT2D eigenvalue weighted by molar-refractivity contribution is -0.154. The van der Waals surface area contributed by atoms with E-state index in [0.717, 1.165) is 51.6 Å². The first kappa shape index (κ1) is 32.3.